The van der Waals surface area contributed by atoms with Crippen molar-refractivity contribution >= 4 is 0 Å². The highest BCUT2D eigenvalue weighted by molar-refractivity contribution is 5.42. The van der Waals surface area contributed by atoms with Gasteiger partial charge in [0.15, 0.2) is 0 Å². The number of alkyl halides is 3. The van der Waals surface area contributed by atoms with Gasteiger partial charge in [-0.1, -0.05) is 55.0 Å². The van der Waals surface area contributed by atoms with Crippen LogP contribution in [0.3, 0.4) is 0 Å². The van der Waals surface area contributed by atoms with E-state index < -0.39 is 17.2 Å². The molecule has 1 aliphatic carbocycles. The standard InChI is InChI=1S/C28H35F3N2/c1-21(2)33(19-17-23-10-5-4-6-11-23)22(3)16-18-27(20-32,24-12-9-13-24)25-14-7-8-15-26(25)28(29,30)31/h4-8,10-11,14-15,21-22,24H,9,12-13,16-19H2,1-3H3. The summed E-state index contributed by atoms with van der Waals surface area (Å²) in [6.07, 6.45) is 0.194. The van der Waals surface area contributed by atoms with Crippen LogP contribution in [0.25, 0.3) is 0 Å². The fourth-order valence-corrected chi connectivity index (χ4v) is 5.28. The van der Waals surface area contributed by atoms with Gasteiger partial charge in [0, 0.05) is 18.6 Å². The third-order valence-electron chi connectivity index (χ3n) is 7.40. The largest absolute Gasteiger partial charge is 0.416 e. The smallest absolute Gasteiger partial charge is 0.298 e. The Hall–Kier alpha value is -2.32. The van der Waals surface area contributed by atoms with Crippen molar-refractivity contribution in [3.05, 3.63) is 71.3 Å². The summed E-state index contributed by atoms with van der Waals surface area (Å²) in [6, 6.07) is 18.9. The molecule has 0 N–H and O–H groups in total. The molecule has 0 aliphatic heterocycles. The molecule has 3 rings (SSSR count). The molecule has 0 radical (unpaired) electrons. The normalized spacial score (nSPS) is 17.4. The molecule has 0 spiro atoms. The van der Waals surface area contributed by atoms with Crippen LogP contribution in [-0.4, -0.2) is 23.5 Å². The Labute approximate surface area is 196 Å². The van der Waals surface area contributed by atoms with Crippen LogP contribution < -0.4 is 0 Å². The summed E-state index contributed by atoms with van der Waals surface area (Å²) in [4.78, 5) is 2.41. The first kappa shape index (κ1) is 25.3. The maximum Gasteiger partial charge on any atom is 0.416 e. The summed E-state index contributed by atoms with van der Waals surface area (Å²) >= 11 is 0. The monoisotopic (exact) mass is 456 g/mol. The van der Waals surface area contributed by atoms with Gasteiger partial charge in [-0.2, -0.15) is 18.4 Å². The number of halogens is 3. The number of benzene rings is 2. The highest BCUT2D eigenvalue weighted by Crippen LogP contribution is 2.50. The van der Waals surface area contributed by atoms with E-state index in [2.05, 4.69) is 43.9 Å². The van der Waals surface area contributed by atoms with Gasteiger partial charge in [0.2, 0.25) is 0 Å². The first-order valence-corrected chi connectivity index (χ1v) is 12.1. The van der Waals surface area contributed by atoms with Gasteiger partial charge in [0.05, 0.1) is 17.0 Å². The molecule has 1 aliphatic rings. The Balaban J connectivity index is 1.82. The lowest BCUT2D eigenvalue weighted by molar-refractivity contribution is -0.139. The van der Waals surface area contributed by atoms with E-state index >= 15 is 0 Å². The van der Waals surface area contributed by atoms with E-state index in [4.69, 9.17) is 0 Å². The molecule has 2 unspecified atom stereocenters. The highest BCUT2D eigenvalue weighted by Gasteiger charge is 2.48. The van der Waals surface area contributed by atoms with E-state index in [1.807, 2.05) is 18.2 Å². The van der Waals surface area contributed by atoms with Gasteiger partial charge in [-0.05, 0) is 76.0 Å². The molecular weight excluding hydrogens is 421 g/mol. The van der Waals surface area contributed by atoms with Crippen LogP contribution in [0, 0.1) is 17.2 Å². The molecule has 0 bridgehead atoms. The van der Waals surface area contributed by atoms with Crippen molar-refractivity contribution in [2.24, 2.45) is 5.92 Å². The molecule has 1 saturated carbocycles. The van der Waals surface area contributed by atoms with Gasteiger partial charge in [-0.25, -0.2) is 0 Å². The fourth-order valence-electron chi connectivity index (χ4n) is 5.28. The first-order valence-electron chi connectivity index (χ1n) is 12.1. The van der Waals surface area contributed by atoms with Crippen LogP contribution in [0.2, 0.25) is 0 Å². The van der Waals surface area contributed by atoms with E-state index in [1.54, 1.807) is 6.07 Å². The molecule has 2 atom stereocenters. The van der Waals surface area contributed by atoms with Gasteiger partial charge in [0.25, 0.3) is 0 Å². The zero-order valence-electron chi connectivity index (χ0n) is 19.9. The van der Waals surface area contributed by atoms with E-state index in [1.165, 1.54) is 17.7 Å². The Bertz CT molecular complexity index is 928. The molecule has 2 nitrogen and oxygen atoms in total. The Morgan fingerprint density at radius 2 is 1.58 bits per heavy atom. The molecule has 0 saturated heterocycles. The topological polar surface area (TPSA) is 27.0 Å². The van der Waals surface area contributed by atoms with Crippen LogP contribution in [0.1, 0.15) is 69.6 Å². The van der Waals surface area contributed by atoms with Gasteiger partial charge in [0.1, 0.15) is 0 Å². The fraction of sp³-hybridized carbons (Fsp3) is 0.536. The van der Waals surface area contributed by atoms with Crippen LogP contribution in [0.5, 0.6) is 0 Å². The van der Waals surface area contributed by atoms with Gasteiger partial charge in [-0.3, -0.25) is 4.90 Å². The average Bonchev–Trinajstić information content (AvgIpc) is 2.75. The summed E-state index contributed by atoms with van der Waals surface area (Å²) in [5, 5.41) is 10.3. The molecule has 33 heavy (non-hydrogen) atoms. The third-order valence-corrected chi connectivity index (χ3v) is 7.40. The number of rotatable bonds is 10. The van der Waals surface area contributed by atoms with Crippen LogP contribution >= 0.6 is 0 Å². The SMILES string of the molecule is CC(C)N(CCc1ccccc1)C(C)CCC(C#N)(c1ccccc1C(F)(F)F)C1CCC1. The van der Waals surface area contributed by atoms with Gasteiger partial charge >= 0.3 is 6.18 Å². The Kier molecular flexibility index (Phi) is 8.23. The van der Waals surface area contributed by atoms with Crippen molar-refractivity contribution in [1.82, 2.24) is 4.90 Å². The maximum atomic E-state index is 13.9. The average molecular weight is 457 g/mol. The van der Waals surface area contributed by atoms with E-state index in [9.17, 15) is 18.4 Å². The summed E-state index contributed by atoms with van der Waals surface area (Å²) in [6.45, 7) is 7.34. The molecule has 2 aromatic carbocycles. The molecule has 178 valence electrons. The lowest BCUT2D eigenvalue weighted by Gasteiger charge is -2.43. The van der Waals surface area contributed by atoms with E-state index in [0.717, 1.165) is 38.3 Å². The lowest BCUT2D eigenvalue weighted by Crippen LogP contribution is -2.44. The van der Waals surface area contributed by atoms with Gasteiger partial charge in [-0.15, -0.1) is 0 Å². The molecule has 2 aromatic rings. The minimum Gasteiger partial charge on any atom is -0.298 e. The van der Waals surface area contributed by atoms with E-state index in [0.29, 0.717) is 18.9 Å². The lowest BCUT2D eigenvalue weighted by atomic mass is 9.59. The van der Waals surface area contributed by atoms with Gasteiger partial charge < -0.3 is 0 Å². The van der Waals surface area contributed by atoms with Crippen LogP contribution in [-0.2, 0) is 18.0 Å². The van der Waals surface area contributed by atoms with Crippen molar-refractivity contribution in [2.75, 3.05) is 6.54 Å². The van der Waals surface area contributed by atoms with Crippen LogP contribution in [0.4, 0.5) is 13.2 Å². The quantitative estimate of drug-likeness (QED) is 0.373. The number of nitrogens with zero attached hydrogens (tertiary/aromatic N) is 2. The Morgan fingerprint density at radius 1 is 0.970 bits per heavy atom. The molecule has 5 heteroatoms. The molecule has 0 aromatic heterocycles. The second-order valence-corrected chi connectivity index (χ2v) is 9.71. The number of hydrogen-bond donors (Lipinski definition) is 0. The summed E-state index contributed by atoms with van der Waals surface area (Å²) < 4.78 is 41.6. The van der Waals surface area contributed by atoms with Crippen LogP contribution in [0.15, 0.2) is 54.6 Å². The highest BCUT2D eigenvalue weighted by atomic mass is 19.4. The minimum atomic E-state index is -4.46. The number of hydrogen-bond acceptors (Lipinski definition) is 2. The number of nitriles is 1. The second-order valence-electron chi connectivity index (χ2n) is 9.71. The third kappa shape index (κ3) is 5.79. The molecule has 0 heterocycles. The van der Waals surface area contributed by atoms with E-state index in [-0.39, 0.29) is 17.5 Å². The second kappa shape index (κ2) is 10.7. The maximum absolute atomic E-state index is 13.9. The van der Waals surface area contributed by atoms with Crippen molar-refractivity contribution in [3.8, 4) is 6.07 Å². The molecular formula is C28H35F3N2. The summed E-state index contributed by atoms with van der Waals surface area (Å²) in [7, 11) is 0. The van der Waals surface area contributed by atoms with Crippen molar-refractivity contribution < 1.29 is 13.2 Å². The zero-order chi connectivity index (χ0) is 24.1. The predicted octanol–water partition coefficient (Wildman–Crippen LogP) is 7.39. The molecule has 0 amide bonds. The van der Waals surface area contributed by atoms with Crippen molar-refractivity contribution in [1.29, 1.82) is 5.26 Å². The zero-order valence-corrected chi connectivity index (χ0v) is 19.9. The summed E-state index contributed by atoms with van der Waals surface area (Å²) in [5.74, 6) is -0.0185. The predicted molar refractivity (Wildman–Crippen MR) is 127 cm³/mol. The minimum absolute atomic E-state index is 0.0185. The molecule has 1 fully saturated rings. The van der Waals surface area contributed by atoms with Crippen molar-refractivity contribution in [2.45, 2.75) is 83.0 Å². The Morgan fingerprint density at radius 3 is 2.09 bits per heavy atom. The summed E-state index contributed by atoms with van der Waals surface area (Å²) in [5.41, 5.74) is -0.316. The van der Waals surface area contributed by atoms with Crippen molar-refractivity contribution in [3.63, 3.8) is 0 Å². The first-order chi connectivity index (χ1) is 15.7.